The Morgan fingerprint density at radius 2 is 2.17 bits per heavy atom. The van der Waals surface area contributed by atoms with E-state index in [4.69, 9.17) is 0 Å². The molecule has 0 bridgehead atoms. The zero-order valence-corrected chi connectivity index (χ0v) is 11.1. The van der Waals surface area contributed by atoms with Crippen molar-refractivity contribution >= 4 is 11.6 Å². The molecule has 4 heteroatoms. The molecule has 0 aliphatic heterocycles. The van der Waals surface area contributed by atoms with Gasteiger partial charge in [-0.15, -0.1) is 0 Å². The molecule has 0 saturated heterocycles. The average Bonchev–Trinajstić information content (AvgIpc) is 2.71. The number of imidazole rings is 1. The fraction of sp³-hybridized carbons (Fsp3) is 0.429. The van der Waals surface area contributed by atoms with Crippen molar-refractivity contribution in [2.75, 3.05) is 6.54 Å². The highest BCUT2D eigenvalue weighted by Gasteiger charge is 2.10. The van der Waals surface area contributed by atoms with Crippen LogP contribution in [-0.2, 0) is 0 Å². The Labute approximate surface area is 107 Å². The maximum absolute atomic E-state index is 11.9. The number of aromatic nitrogens is 2. The van der Waals surface area contributed by atoms with E-state index in [0.717, 1.165) is 17.6 Å². The van der Waals surface area contributed by atoms with Gasteiger partial charge in [-0.25, -0.2) is 4.98 Å². The van der Waals surface area contributed by atoms with Crippen LogP contribution >= 0.6 is 0 Å². The van der Waals surface area contributed by atoms with Crippen molar-refractivity contribution in [3.8, 4) is 0 Å². The molecule has 1 amide bonds. The molecular formula is C14H19N3O. The fourth-order valence-electron chi connectivity index (χ4n) is 1.78. The minimum Gasteiger partial charge on any atom is -0.351 e. The molecule has 2 aromatic heterocycles. The monoisotopic (exact) mass is 245 g/mol. The number of nitrogens with zero attached hydrogens (tertiary/aromatic N) is 2. The fourth-order valence-corrected chi connectivity index (χ4v) is 1.78. The number of nitrogens with one attached hydrogen (secondary N) is 1. The summed E-state index contributed by atoms with van der Waals surface area (Å²) >= 11 is 0. The molecule has 18 heavy (non-hydrogen) atoms. The Bertz CT molecular complexity index is 557. The first-order valence-corrected chi connectivity index (χ1v) is 6.30. The zero-order valence-electron chi connectivity index (χ0n) is 11.1. The van der Waals surface area contributed by atoms with E-state index in [2.05, 4.69) is 24.1 Å². The van der Waals surface area contributed by atoms with E-state index >= 15 is 0 Å². The van der Waals surface area contributed by atoms with Gasteiger partial charge in [0.1, 0.15) is 11.3 Å². The van der Waals surface area contributed by atoms with Crippen LogP contribution in [0.2, 0.25) is 0 Å². The van der Waals surface area contributed by atoms with E-state index in [1.54, 1.807) is 6.20 Å². The molecule has 2 aromatic rings. The van der Waals surface area contributed by atoms with Crippen LogP contribution < -0.4 is 5.32 Å². The van der Waals surface area contributed by atoms with Gasteiger partial charge >= 0.3 is 0 Å². The van der Waals surface area contributed by atoms with Crippen LogP contribution in [0.25, 0.3) is 5.65 Å². The maximum atomic E-state index is 11.9. The van der Waals surface area contributed by atoms with Gasteiger partial charge in [0.15, 0.2) is 0 Å². The predicted molar refractivity (Wildman–Crippen MR) is 71.7 cm³/mol. The molecule has 2 rings (SSSR count). The molecule has 0 aliphatic rings. The summed E-state index contributed by atoms with van der Waals surface area (Å²) in [5.41, 5.74) is 2.42. The summed E-state index contributed by atoms with van der Waals surface area (Å²) in [6, 6.07) is 3.91. The lowest BCUT2D eigenvalue weighted by atomic mass is 10.1. The number of pyridine rings is 1. The first-order valence-electron chi connectivity index (χ1n) is 6.30. The Kier molecular flexibility index (Phi) is 3.65. The van der Waals surface area contributed by atoms with Gasteiger partial charge in [-0.1, -0.05) is 19.9 Å². The largest absolute Gasteiger partial charge is 0.351 e. The van der Waals surface area contributed by atoms with Crippen LogP contribution in [0.15, 0.2) is 24.5 Å². The van der Waals surface area contributed by atoms with Gasteiger partial charge < -0.3 is 9.72 Å². The Balaban J connectivity index is 2.08. The smallest absolute Gasteiger partial charge is 0.271 e. The number of hydrogen-bond acceptors (Lipinski definition) is 2. The van der Waals surface area contributed by atoms with E-state index in [1.165, 1.54) is 0 Å². The standard InChI is InChI=1S/C14H19N3O/c1-10(2)6-7-15-14(18)12-9-17-8-11(3)4-5-13(17)16-12/h4-5,8-10H,6-7H2,1-3H3,(H,15,18). The summed E-state index contributed by atoms with van der Waals surface area (Å²) in [7, 11) is 0. The normalized spacial score (nSPS) is 11.1. The topological polar surface area (TPSA) is 46.4 Å². The summed E-state index contributed by atoms with van der Waals surface area (Å²) in [5, 5.41) is 2.89. The number of amides is 1. The molecule has 2 heterocycles. The second kappa shape index (κ2) is 5.21. The first kappa shape index (κ1) is 12.6. The Morgan fingerprint density at radius 1 is 1.39 bits per heavy atom. The van der Waals surface area contributed by atoms with Crippen molar-refractivity contribution in [2.24, 2.45) is 5.92 Å². The molecule has 0 aliphatic carbocycles. The quantitative estimate of drug-likeness (QED) is 0.899. The van der Waals surface area contributed by atoms with Gasteiger partial charge in [0, 0.05) is 18.9 Å². The van der Waals surface area contributed by atoms with Crippen molar-refractivity contribution < 1.29 is 4.79 Å². The average molecular weight is 245 g/mol. The molecule has 0 spiro atoms. The van der Waals surface area contributed by atoms with Crippen molar-refractivity contribution in [2.45, 2.75) is 27.2 Å². The number of carbonyl (C=O) groups is 1. The van der Waals surface area contributed by atoms with Crippen molar-refractivity contribution in [1.29, 1.82) is 0 Å². The van der Waals surface area contributed by atoms with E-state index in [-0.39, 0.29) is 5.91 Å². The van der Waals surface area contributed by atoms with E-state index < -0.39 is 0 Å². The number of carbonyl (C=O) groups excluding carboxylic acids is 1. The lowest BCUT2D eigenvalue weighted by molar-refractivity contribution is 0.0947. The first-order chi connectivity index (χ1) is 8.56. The van der Waals surface area contributed by atoms with E-state index in [1.807, 2.05) is 29.7 Å². The molecule has 0 atom stereocenters. The van der Waals surface area contributed by atoms with Crippen LogP contribution in [0.4, 0.5) is 0 Å². The Hall–Kier alpha value is -1.84. The minimum absolute atomic E-state index is 0.1000. The number of fused-ring (bicyclic) bond motifs is 1. The summed E-state index contributed by atoms with van der Waals surface area (Å²) in [5.74, 6) is 0.492. The van der Waals surface area contributed by atoms with Crippen molar-refractivity contribution in [3.05, 3.63) is 35.8 Å². The summed E-state index contributed by atoms with van der Waals surface area (Å²) in [6.45, 7) is 6.99. The van der Waals surface area contributed by atoms with Crippen LogP contribution in [-0.4, -0.2) is 21.8 Å². The van der Waals surface area contributed by atoms with Gasteiger partial charge in [0.05, 0.1) is 0 Å². The van der Waals surface area contributed by atoms with Gasteiger partial charge in [-0.05, 0) is 30.9 Å². The SMILES string of the molecule is Cc1ccc2nc(C(=O)NCCC(C)C)cn2c1. The van der Waals surface area contributed by atoms with Crippen molar-refractivity contribution in [1.82, 2.24) is 14.7 Å². The van der Waals surface area contributed by atoms with Crippen LogP contribution in [0, 0.1) is 12.8 Å². The molecule has 0 radical (unpaired) electrons. The molecule has 0 aromatic carbocycles. The van der Waals surface area contributed by atoms with Crippen LogP contribution in [0.1, 0.15) is 36.3 Å². The number of rotatable bonds is 4. The van der Waals surface area contributed by atoms with Gasteiger partial charge in [-0.3, -0.25) is 4.79 Å². The van der Waals surface area contributed by atoms with E-state index in [0.29, 0.717) is 18.2 Å². The van der Waals surface area contributed by atoms with Gasteiger partial charge in [0.25, 0.3) is 5.91 Å². The molecule has 1 N–H and O–H groups in total. The minimum atomic E-state index is -0.1000. The highest BCUT2D eigenvalue weighted by Crippen LogP contribution is 2.07. The third-order valence-corrected chi connectivity index (χ3v) is 2.84. The maximum Gasteiger partial charge on any atom is 0.271 e. The molecule has 0 unspecified atom stereocenters. The molecule has 0 saturated carbocycles. The Morgan fingerprint density at radius 3 is 2.89 bits per heavy atom. The van der Waals surface area contributed by atoms with Crippen molar-refractivity contribution in [3.63, 3.8) is 0 Å². The lowest BCUT2D eigenvalue weighted by Gasteiger charge is -2.04. The van der Waals surface area contributed by atoms with Crippen LogP contribution in [0.3, 0.4) is 0 Å². The summed E-state index contributed by atoms with van der Waals surface area (Å²) in [4.78, 5) is 16.2. The number of hydrogen-bond donors (Lipinski definition) is 1. The molecule has 4 nitrogen and oxygen atoms in total. The van der Waals surface area contributed by atoms with Gasteiger partial charge in [-0.2, -0.15) is 0 Å². The predicted octanol–water partition coefficient (Wildman–Crippen LogP) is 2.42. The summed E-state index contributed by atoms with van der Waals surface area (Å²) in [6.07, 6.45) is 4.72. The third-order valence-electron chi connectivity index (χ3n) is 2.84. The van der Waals surface area contributed by atoms with Crippen LogP contribution in [0.5, 0.6) is 0 Å². The highest BCUT2D eigenvalue weighted by atomic mass is 16.1. The van der Waals surface area contributed by atoms with E-state index in [9.17, 15) is 4.79 Å². The second-order valence-corrected chi connectivity index (χ2v) is 5.04. The molecular weight excluding hydrogens is 226 g/mol. The third kappa shape index (κ3) is 2.88. The highest BCUT2D eigenvalue weighted by molar-refractivity contribution is 5.92. The number of aryl methyl sites for hydroxylation is 1. The molecule has 0 fully saturated rings. The lowest BCUT2D eigenvalue weighted by Crippen LogP contribution is -2.25. The molecule has 96 valence electrons. The second-order valence-electron chi connectivity index (χ2n) is 5.04. The summed E-state index contributed by atoms with van der Waals surface area (Å²) < 4.78 is 1.88. The zero-order chi connectivity index (χ0) is 13.1. The van der Waals surface area contributed by atoms with Gasteiger partial charge in [0.2, 0.25) is 0 Å².